The average Bonchev–Trinajstić information content (AvgIpc) is 2.68. The summed E-state index contributed by atoms with van der Waals surface area (Å²) in [5.41, 5.74) is 10.7. The number of carbonyl (C=O) groups is 4. The number of ketones is 1. The van der Waals surface area contributed by atoms with E-state index in [-0.39, 0.29) is 101 Å². The van der Waals surface area contributed by atoms with Gasteiger partial charge in [-0.05, 0) is 37.0 Å². The molecular formula is C19H19N5Na2O7. The molecule has 14 heteroatoms. The number of nitrogens with two attached hydrogens (primary N) is 2. The molecule has 33 heavy (non-hydrogen) atoms. The number of rotatable bonds is 10. The molecule has 2 rings (SSSR count). The quantitative estimate of drug-likeness (QED) is 0.187. The van der Waals surface area contributed by atoms with Gasteiger partial charge in [-0.15, -0.1) is 0 Å². The van der Waals surface area contributed by atoms with Gasteiger partial charge in [0.1, 0.15) is 11.4 Å². The van der Waals surface area contributed by atoms with Crippen LogP contribution in [-0.4, -0.2) is 39.6 Å². The van der Waals surface area contributed by atoms with Crippen LogP contribution in [0.3, 0.4) is 0 Å². The van der Waals surface area contributed by atoms with Crippen molar-refractivity contribution in [3.05, 3.63) is 51.3 Å². The van der Waals surface area contributed by atoms with Gasteiger partial charge in [-0.2, -0.15) is 4.98 Å². The normalized spacial score (nSPS) is 10.8. The number of H-pyrrole nitrogens is 1. The first-order valence-corrected chi connectivity index (χ1v) is 9.07. The number of nitrogens with zero attached hydrogens (tertiary/aromatic N) is 1. The van der Waals surface area contributed by atoms with Crippen molar-refractivity contribution in [2.75, 3.05) is 11.5 Å². The van der Waals surface area contributed by atoms with E-state index in [0.29, 0.717) is 5.56 Å². The maximum Gasteiger partial charge on any atom is 1.00 e. The van der Waals surface area contributed by atoms with E-state index in [9.17, 15) is 34.2 Å². The molecule has 1 aromatic carbocycles. The summed E-state index contributed by atoms with van der Waals surface area (Å²) in [6.45, 7) is 0. The number of aliphatic carboxylic acids is 2. The topological polar surface area (TPSA) is 224 Å². The summed E-state index contributed by atoms with van der Waals surface area (Å²) in [5, 5.41) is 23.7. The molecule has 0 saturated carbocycles. The fourth-order valence-electron chi connectivity index (χ4n) is 2.74. The zero-order chi connectivity index (χ0) is 23.1. The van der Waals surface area contributed by atoms with Gasteiger partial charge in [-0.25, -0.2) is 0 Å². The number of benzene rings is 1. The second-order valence-corrected chi connectivity index (χ2v) is 6.59. The van der Waals surface area contributed by atoms with Crippen LogP contribution in [0.4, 0.5) is 11.8 Å². The molecule has 0 aliphatic carbocycles. The molecule has 1 atom stereocenters. The number of nitrogen functional groups attached to an aromatic ring is 2. The van der Waals surface area contributed by atoms with E-state index >= 15 is 0 Å². The van der Waals surface area contributed by atoms with Gasteiger partial charge in [0.15, 0.2) is 5.78 Å². The number of Topliss-reactive ketones (excluding diaryl/α,β-unsaturated/α-hetero) is 1. The average molecular weight is 475 g/mol. The SMILES string of the molecule is Nc1nc(N)c(C(=O)CCc2ccc(C(=O)N[C@H](CCC(=O)[O-])C(=O)[O-])cc2)c(=O)[nH]1.[Na+].[Na+]. The molecule has 1 aromatic heterocycles. The number of aromatic amines is 1. The van der Waals surface area contributed by atoms with Crippen LogP contribution in [0.25, 0.3) is 0 Å². The maximum atomic E-state index is 12.3. The Labute approximate surface area is 232 Å². The molecular weight excluding hydrogens is 456 g/mol. The molecule has 0 unspecified atom stereocenters. The summed E-state index contributed by atoms with van der Waals surface area (Å²) in [4.78, 5) is 63.7. The van der Waals surface area contributed by atoms with Crippen LogP contribution in [0.15, 0.2) is 29.1 Å². The van der Waals surface area contributed by atoms with Crippen LogP contribution < -0.4 is 91.7 Å². The third-order valence-corrected chi connectivity index (χ3v) is 4.33. The van der Waals surface area contributed by atoms with Crippen LogP contribution in [0, 0.1) is 0 Å². The van der Waals surface area contributed by atoms with E-state index in [4.69, 9.17) is 11.5 Å². The fourth-order valence-corrected chi connectivity index (χ4v) is 2.74. The van der Waals surface area contributed by atoms with Crippen molar-refractivity contribution in [1.82, 2.24) is 15.3 Å². The van der Waals surface area contributed by atoms with E-state index in [1.165, 1.54) is 12.1 Å². The summed E-state index contributed by atoms with van der Waals surface area (Å²) >= 11 is 0. The first-order valence-electron chi connectivity index (χ1n) is 9.07. The van der Waals surface area contributed by atoms with Crippen LogP contribution >= 0.6 is 0 Å². The minimum absolute atomic E-state index is 0. The maximum absolute atomic E-state index is 12.3. The minimum atomic E-state index is -1.61. The van der Waals surface area contributed by atoms with Crippen molar-refractivity contribution in [3.8, 4) is 0 Å². The first kappa shape index (κ1) is 30.8. The Hall–Kier alpha value is -2.22. The van der Waals surface area contributed by atoms with Gasteiger partial charge < -0.3 is 36.6 Å². The molecule has 1 heterocycles. The summed E-state index contributed by atoms with van der Waals surface area (Å²) in [7, 11) is 0. The van der Waals surface area contributed by atoms with E-state index in [0.717, 1.165) is 0 Å². The standard InChI is InChI=1S/C19H21N5O7.2Na/c20-15-14(17(29)24-19(21)23-15)12(25)7-3-9-1-4-10(5-2-9)16(28)22-11(18(30)31)6-8-13(26)27;;/h1-2,4-5,11H,3,6-8H2,(H,22,28)(H,26,27)(H,30,31)(H5,20,21,23,24,29);;/q;2*+1/p-2/t11-;;/m1../s1. The van der Waals surface area contributed by atoms with Crippen molar-refractivity contribution >= 4 is 35.4 Å². The number of anilines is 2. The van der Waals surface area contributed by atoms with Gasteiger partial charge >= 0.3 is 59.1 Å². The third-order valence-electron chi connectivity index (χ3n) is 4.33. The number of hydrogen-bond donors (Lipinski definition) is 4. The van der Waals surface area contributed by atoms with Gasteiger partial charge in [0.05, 0.1) is 12.0 Å². The molecule has 164 valence electrons. The Balaban J connectivity index is 0.00000512. The summed E-state index contributed by atoms with van der Waals surface area (Å²) in [6, 6.07) is 4.43. The number of carboxylic acid groups (broad SMARTS) is 2. The molecule has 0 aliphatic heterocycles. The Morgan fingerprint density at radius 1 is 1.03 bits per heavy atom. The Morgan fingerprint density at radius 3 is 2.15 bits per heavy atom. The number of carboxylic acids is 2. The van der Waals surface area contributed by atoms with Crippen LogP contribution in [0.1, 0.15) is 45.5 Å². The fraction of sp³-hybridized carbons (Fsp3) is 0.263. The largest absolute Gasteiger partial charge is 1.00 e. The molecule has 0 aliphatic rings. The van der Waals surface area contributed by atoms with Crippen molar-refractivity contribution in [1.29, 1.82) is 0 Å². The van der Waals surface area contributed by atoms with Crippen molar-refractivity contribution in [3.63, 3.8) is 0 Å². The summed E-state index contributed by atoms with van der Waals surface area (Å²) < 4.78 is 0. The number of nitrogens with one attached hydrogen (secondary N) is 2. The van der Waals surface area contributed by atoms with Crippen molar-refractivity contribution < 1.29 is 88.5 Å². The Morgan fingerprint density at radius 2 is 1.64 bits per heavy atom. The number of aromatic nitrogens is 2. The van der Waals surface area contributed by atoms with Crippen LogP contribution in [0.5, 0.6) is 0 Å². The minimum Gasteiger partial charge on any atom is -0.550 e. The monoisotopic (exact) mass is 475 g/mol. The molecule has 0 radical (unpaired) electrons. The summed E-state index contributed by atoms with van der Waals surface area (Å²) in [5.74, 6) is -4.79. The molecule has 12 nitrogen and oxygen atoms in total. The number of aryl methyl sites for hydroxylation is 1. The molecule has 0 bridgehead atoms. The van der Waals surface area contributed by atoms with E-state index < -0.39 is 41.7 Å². The van der Waals surface area contributed by atoms with Gasteiger partial charge in [0.2, 0.25) is 5.95 Å². The Kier molecular flexibility index (Phi) is 13.2. The van der Waals surface area contributed by atoms with E-state index in [1.54, 1.807) is 12.1 Å². The second kappa shape index (κ2) is 14.1. The molecule has 6 N–H and O–H groups in total. The van der Waals surface area contributed by atoms with E-state index in [1.807, 2.05) is 0 Å². The van der Waals surface area contributed by atoms with Crippen molar-refractivity contribution in [2.45, 2.75) is 31.7 Å². The van der Waals surface area contributed by atoms with Gasteiger partial charge in [0.25, 0.3) is 11.5 Å². The van der Waals surface area contributed by atoms with Crippen LogP contribution in [-0.2, 0) is 16.0 Å². The first-order chi connectivity index (χ1) is 14.6. The van der Waals surface area contributed by atoms with Gasteiger partial charge in [0, 0.05) is 18.0 Å². The predicted octanol–water partition coefficient (Wildman–Crippen LogP) is -8.86. The number of hydrogen-bond acceptors (Lipinski definition) is 10. The third kappa shape index (κ3) is 9.27. The molecule has 0 spiro atoms. The number of amides is 1. The second-order valence-electron chi connectivity index (χ2n) is 6.59. The van der Waals surface area contributed by atoms with Crippen molar-refractivity contribution in [2.24, 2.45) is 0 Å². The van der Waals surface area contributed by atoms with Gasteiger partial charge in [-0.1, -0.05) is 12.1 Å². The molecule has 0 saturated heterocycles. The summed E-state index contributed by atoms with van der Waals surface area (Å²) in [6.07, 6.45) is -0.751. The smallest absolute Gasteiger partial charge is 0.550 e. The number of carbonyl (C=O) groups excluding carboxylic acids is 4. The van der Waals surface area contributed by atoms with Crippen LogP contribution in [0.2, 0.25) is 0 Å². The van der Waals surface area contributed by atoms with Gasteiger partial charge in [-0.3, -0.25) is 19.4 Å². The Bertz CT molecular complexity index is 1070. The zero-order valence-electron chi connectivity index (χ0n) is 18.2. The van der Waals surface area contributed by atoms with E-state index in [2.05, 4.69) is 15.3 Å². The molecule has 2 aromatic rings. The predicted molar refractivity (Wildman–Crippen MR) is 103 cm³/mol. The molecule has 1 amide bonds. The zero-order valence-corrected chi connectivity index (χ0v) is 22.2. The molecule has 0 fully saturated rings.